The quantitative estimate of drug-likeness (QED) is 0.722. The summed E-state index contributed by atoms with van der Waals surface area (Å²) in [6, 6.07) is 15.6. The van der Waals surface area contributed by atoms with Crippen LogP contribution in [-0.4, -0.2) is 55.6 Å². The fourth-order valence-corrected chi connectivity index (χ4v) is 3.18. The van der Waals surface area contributed by atoms with E-state index in [1.165, 1.54) is 5.56 Å². The molecular formula is C20H23BrN2O3. The van der Waals surface area contributed by atoms with E-state index in [-0.39, 0.29) is 12.5 Å². The molecule has 0 N–H and O–H groups in total. The fraction of sp³-hybridized carbons (Fsp3) is 0.350. The normalized spacial score (nSPS) is 14.9. The molecule has 0 aliphatic carbocycles. The Balaban J connectivity index is 1.42. The molecule has 0 aromatic heterocycles. The van der Waals surface area contributed by atoms with E-state index < -0.39 is 0 Å². The van der Waals surface area contributed by atoms with Crippen LogP contribution in [0.25, 0.3) is 0 Å². The van der Waals surface area contributed by atoms with Crippen molar-refractivity contribution < 1.29 is 14.3 Å². The van der Waals surface area contributed by atoms with Crippen molar-refractivity contribution >= 4 is 21.8 Å². The highest BCUT2D eigenvalue weighted by atomic mass is 79.9. The van der Waals surface area contributed by atoms with Gasteiger partial charge >= 0.3 is 0 Å². The van der Waals surface area contributed by atoms with Crippen molar-refractivity contribution in [3.63, 3.8) is 0 Å². The number of benzene rings is 2. The zero-order valence-electron chi connectivity index (χ0n) is 14.9. The lowest BCUT2D eigenvalue weighted by molar-refractivity contribution is -0.135. The molecule has 5 nitrogen and oxygen atoms in total. The van der Waals surface area contributed by atoms with Crippen molar-refractivity contribution in [3.05, 3.63) is 58.6 Å². The molecule has 1 fully saturated rings. The Morgan fingerprint density at radius 2 is 1.58 bits per heavy atom. The molecule has 2 aromatic rings. The summed E-state index contributed by atoms with van der Waals surface area (Å²) in [5, 5.41) is 0. The van der Waals surface area contributed by atoms with Gasteiger partial charge in [0.05, 0.1) is 7.11 Å². The molecule has 0 radical (unpaired) electrons. The first-order valence-electron chi connectivity index (χ1n) is 8.65. The van der Waals surface area contributed by atoms with Gasteiger partial charge in [0.1, 0.15) is 11.5 Å². The van der Waals surface area contributed by atoms with Crippen LogP contribution in [0.5, 0.6) is 11.5 Å². The molecule has 1 saturated heterocycles. The standard InChI is InChI=1S/C20H23BrN2O3/c1-25-18-6-2-16(3-7-18)14-22-10-12-23(13-11-22)20(24)15-26-19-8-4-17(21)5-9-19/h2-9H,10-15H2,1H3. The fourth-order valence-electron chi connectivity index (χ4n) is 2.91. The van der Waals surface area contributed by atoms with Crippen LogP contribution in [0.4, 0.5) is 0 Å². The monoisotopic (exact) mass is 418 g/mol. The summed E-state index contributed by atoms with van der Waals surface area (Å²) in [5.41, 5.74) is 1.25. The Morgan fingerprint density at radius 1 is 0.962 bits per heavy atom. The highest BCUT2D eigenvalue weighted by molar-refractivity contribution is 9.10. The molecule has 26 heavy (non-hydrogen) atoms. The van der Waals surface area contributed by atoms with Crippen LogP contribution < -0.4 is 9.47 Å². The van der Waals surface area contributed by atoms with Crippen molar-refractivity contribution in [1.29, 1.82) is 0 Å². The van der Waals surface area contributed by atoms with E-state index in [2.05, 4.69) is 33.0 Å². The number of nitrogens with zero attached hydrogens (tertiary/aromatic N) is 2. The highest BCUT2D eigenvalue weighted by Gasteiger charge is 2.21. The predicted octanol–water partition coefficient (Wildman–Crippen LogP) is 3.18. The third kappa shape index (κ3) is 5.22. The number of carbonyl (C=O) groups excluding carboxylic acids is 1. The van der Waals surface area contributed by atoms with Gasteiger partial charge < -0.3 is 14.4 Å². The summed E-state index contributed by atoms with van der Waals surface area (Å²) >= 11 is 3.38. The first-order valence-corrected chi connectivity index (χ1v) is 9.45. The van der Waals surface area contributed by atoms with E-state index in [1.807, 2.05) is 41.3 Å². The molecule has 0 bridgehead atoms. The predicted molar refractivity (Wildman–Crippen MR) is 104 cm³/mol. The first-order chi connectivity index (χ1) is 12.6. The number of piperazine rings is 1. The minimum Gasteiger partial charge on any atom is -0.497 e. The Bertz CT molecular complexity index is 711. The Labute approximate surface area is 162 Å². The topological polar surface area (TPSA) is 42.0 Å². The average Bonchev–Trinajstić information content (AvgIpc) is 2.68. The molecule has 1 amide bonds. The second-order valence-corrected chi connectivity index (χ2v) is 7.16. The highest BCUT2D eigenvalue weighted by Crippen LogP contribution is 2.17. The summed E-state index contributed by atoms with van der Waals surface area (Å²) in [6.45, 7) is 4.19. The number of carbonyl (C=O) groups is 1. The van der Waals surface area contributed by atoms with Gasteiger partial charge in [0.15, 0.2) is 6.61 Å². The van der Waals surface area contributed by atoms with Gasteiger partial charge in [0, 0.05) is 37.2 Å². The number of amides is 1. The lowest BCUT2D eigenvalue weighted by Crippen LogP contribution is -2.49. The van der Waals surface area contributed by atoms with Crippen LogP contribution in [-0.2, 0) is 11.3 Å². The summed E-state index contributed by atoms with van der Waals surface area (Å²) in [6.07, 6.45) is 0. The molecule has 0 saturated carbocycles. The molecule has 138 valence electrons. The van der Waals surface area contributed by atoms with Crippen LogP contribution in [0.2, 0.25) is 0 Å². The van der Waals surface area contributed by atoms with Crippen LogP contribution in [0.1, 0.15) is 5.56 Å². The Morgan fingerprint density at radius 3 is 2.19 bits per heavy atom. The molecule has 1 heterocycles. The van der Waals surface area contributed by atoms with Gasteiger partial charge in [-0.25, -0.2) is 0 Å². The van der Waals surface area contributed by atoms with Gasteiger partial charge in [-0.3, -0.25) is 9.69 Å². The van der Waals surface area contributed by atoms with Crippen LogP contribution >= 0.6 is 15.9 Å². The molecule has 1 aliphatic rings. The van der Waals surface area contributed by atoms with Crippen LogP contribution in [0, 0.1) is 0 Å². The van der Waals surface area contributed by atoms with Crippen LogP contribution in [0.3, 0.4) is 0 Å². The van der Waals surface area contributed by atoms with Crippen molar-refractivity contribution in [3.8, 4) is 11.5 Å². The van der Waals surface area contributed by atoms with E-state index >= 15 is 0 Å². The van der Waals surface area contributed by atoms with Gasteiger partial charge in [-0.2, -0.15) is 0 Å². The Kier molecular flexibility index (Phi) is 6.52. The summed E-state index contributed by atoms with van der Waals surface area (Å²) in [5.74, 6) is 1.62. The van der Waals surface area contributed by atoms with E-state index in [4.69, 9.17) is 9.47 Å². The third-order valence-corrected chi connectivity index (χ3v) is 4.99. The molecule has 0 atom stereocenters. The van der Waals surface area contributed by atoms with E-state index in [0.29, 0.717) is 5.75 Å². The third-order valence-electron chi connectivity index (χ3n) is 4.47. The molecule has 6 heteroatoms. The van der Waals surface area contributed by atoms with Crippen molar-refractivity contribution in [2.45, 2.75) is 6.54 Å². The second-order valence-electron chi connectivity index (χ2n) is 6.25. The smallest absolute Gasteiger partial charge is 0.260 e. The van der Waals surface area contributed by atoms with Crippen LogP contribution in [0.15, 0.2) is 53.0 Å². The minimum absolute atomic E-state index is 0.0389. The van der Waals surface area contributed by atoms with Gasteiger partial charge in [-0.1, -0.05) is 28.1 Å². The van der Waals surface area contributed by atoms with Gasteiger partial charge in [0.25, 0.3) is 5.91 Å². The average molecular weight is 419 g/mol. The second kappa shape index (κ2) is 9.05. The van der Waals surface area contributed by atoms with E-state index in [0.717, 1.165) is 42.9 Å². The summed E-state index contributed by atoms with van der Waals surface area (Å²) in [7, 11) is 1.67. The molecule has 1 aliphatic heterocycles. The van der Waals surface area contributed by atoms with E-state index in [1.54, 1.807) is 7.11 Å². The maximum Gasteiger partial charge on any atom is 0.260 e. The lowest BCUT2D eigenvalue weighted by Gasteiger charge is -2.34. The molecule has 0 unspecified atom stereocenters. The minimum atomic E-state index is 0.0389. The number of rotatable bonds is 6. The zero-order valence-corrected chi connectivity index (χ0v) is 16.4. The lowest BCUT2D eigenvalue weighted by atomic mass is 10.2. The number of halogens is 1. The molecule has 2 aromatic carbocycles. The van der Waals surface area contributed by atoms with E-state index in [9.17, 15) is 4.79 Å². The first kappa shape index (κ1) is 18.7. The van der Waals surface area contributed by atoms with Gasteiger partial charge in [-0.15, -0.1) is 0 Å². The molecule has 0 spiro atoms. The number of methoxy groups -OCH3 is 1. The number of ether oxygens (including phenoxy) is 2. The van der Waals surface area contributed by atoms with Crippen molar-refractivity contribution in [2.24, 2.45) is 0 Å². The maximum atomic E-state index is 12.3. The van der Waals surface area contributed by atoms with Gasteiger partial charge in [0.2, 0.25) is 0 Å². The summed E-state index contributed by atoms with van der Waals surface area (Å²) in [4.78, 5) is 16.6. The van der Waals surface area contributed by atoms with Gasteiger partial charge in [-0.05, 0) is 42.0 Å². The number of hydrogen-bond acceptors (Lipinski definition) is 4. The SMILES string of the molecule is COc1ccc(CN2CCN(C(=O)COc3ccc(Br)cc3)CC2)cc1. The van der Waals surface area contributed by atoms with Crippen molar-refractivity contribution in [1.82, 2.24) is 9.80 Å². The largest absolute Gasteiger partial charge is 0.497 e. The zero-order chi connectivity index (χ0) is 18.4. The molecular weight excluding hydrogens is 396 g/mol. The Hall–Kier alpha value is -2.05. The summed E-state index contributed by atoms with van der Waals surface area (Å²) < 4.78 is 11.8. The molecule has 3 rings (SSSR count). The van der Waals surface area contributed by atoms with Crippen molar-refractivity contribution in [2.75, 3.05) is 39.9 Å². The number of hydrogen-bond donors (Lipinski definition) is 0. The maximum absolute atomic E-state index is 12.3.